The number of carbonyl (C=O) groups excluding carboxylic acids is 1. The Morgan fingerprint density at radius 1 is 1.03 bits per heavy atom. The number of ether oxygens (including phenoxy) is 4. The molecule has 0 unspecified atom stereocenters. The highest BCUT2D eigenvalue weighted by Crippen LogP contribution is 2.42. The van der Waals surface area contributed by atoms with E-state index in [0.29, 0.717) is 0 Å². The van der Waals surface area contributed by atoms with Gasteiger partial charge in [0.05, 0.1) is 25.7 Å². The minimum absolute atomic E-state index is 0.0515. The van der Waals surface area contributed by atoms with Crippen molar-refractivity contribution in [3.8, 4) is 23.0 Å². The van der Waals surface area contributed by atoms with Crippen LogP contribution in [0.3, 0.4) is 0 Å². The molecule has 2 aliphatic heterocycles. The molecule has 0 bridgehead atoms. The van der Waals surface area contributed by atoms with Crippen LogP contribution in [0.5, 0.6) is 23.0 Å². The summed E-state index contributed by atoms with van der Waals surface area (Å²) in [6.07, 6.45) is -7.79. The molecule has 2 aromatic rings. The number of hydrogen-bond acceptors (Lipinski definition) is 10. The van der Waals surface area contributed by atoms with Gasteiger partial charge in [-0.25, -0.2) is 0 Å². The Balaban J connectivity index is 1.60. The number of phenols is 1. The van der Waals surface area contributed by atoms with Crippen molar-refractivity contribution in [1.29, 1.82) is 0 Å². The maximum Gasteiger partial charge on any atom is 0.229 e. The maximum absolute atomic E-state index is 12.8. The second-order valence-electron chi connectivity index (χ2n) is 7.64. The molecule has 0 aliphatic carbocycles. The Labute approximate surface area is 183 Å². The molecule has 0 radical (unpaired) electrons. The number of benzene rings is 2. The van der Waals surface area contributed by atoms with Crippen LogP contribution in [0.2, 0.25) is 0 Å². The van der Waals surface area contributed by atoms with Crippen LogP contribution in [0, 0.1) is 0 Å². The Morgan fingerprint density at radius 2 is 1.75 bits per heavy atom. The second-order valence-corrected chi connectivity index (χ2v) is 7.64. The number of fused-ring (bicyclic) bond motifs is 1. The van der Waals surface area contributed by atoms with Gasteiger partial charge in [0.2, 0.25) is 6.29 Å². The number of methoxy groups -OCH3 is 1. The predicted molar refractivity (Wildman–Crippen MR) is 108 cm³/mol. The van der Waals surface area contributed by atoms with Crippen molar-refractivity contribution >= 4 is 5.78 Å². The van der Waals surface area contributed by atoms with Gasteiger partial charge in [0.1, 0.15) is 42.0 Å². The number of carbonyl (C=O) groups is 1. The largest absolute Gasteiger partial charge is 0.508 e. The zero-order valence-electron chi connectivity index (χ0n) is 17.1. The first-order chi connectivity index (χ1) is 15.3. The summed E-state index contributed by atoms with van der Waals surface area (Å²) in [6, 6.07) is 9.23. The third-order valence-corrected chi connectivity index (χ3v) is 5.56. The lowest BCUT2D eigenvalue weighted by molar-refractivity contribution is -0.277. The van der Waals surface area contributed by atoms with E-state index in [1.807, 2.05) is 0 Å². The molecule has 2 heterocycles. The van der Waals surface area contributed by atoms with Crippen LogP contribution in [0.15, 0.2) is 36.4 Å². The van der Waals surface area contributed by atoms with Crippen LogP contribution >= 0.6 is 0 Å². The van der Waals surface area contributed by atoms with Crippen LogP contribution in [0.1, 0.15) is 28.4 Å². The SMILES string of the molecule is COc1cc2c(cc1O[C@H]1O[C@H](CO)[C@@H](O)[C@@H](O)[C@H]1O)C(=O)C[C@@H](c1ccc(O)cc1)O2. The van der Waals surface area contributed by atoms with E-state index in [9.17, 15) is 30.3 Å². The molecular formula is C22H24O10. The van der Waals surface area contributed by atoms with E-state index in [0.717, 1.165) is 5.56 Å². The lowest BCUT2D eigenvalue weighted by Gasteiger charge is -2.39. The molecule has 2 aromatic carbocycles. The Bertz CT molecular complexity index is 973. The molecule has 0 saturated carbocycles. The molecule has 6 atom stereocenters. The monoisotopic (exact) mass is 448 g/mol. The number of rotatable bonds is 5. The van der Waals surface area contributed by atoms with Gasteiger partial charge < -0.3 is 44.5 Å². The standard InChI is InChI=1S/C22H24O10/c1-29-16-8-15-12(13(25)7-14(30-15)10-2-4-11(24)5-3-10)6-17(16)31-22-21(28)20(27)19(26)18(9-23)32-22/h2-6,8,14,18-24,26-28H,7,9H2,1H3/t14-,18+,19+,20+,21+,22-/m0/s1. The average molecular weight is 448 g/mol. The fourth-order valence-electron chi connectivity index (χ4n) is 3.75. The Morgan fingerprint density at radius 3 is 2.41 bits per heavy atom. The average Bonchev–Trinajstić information content (AvgIpc) is 2.79. The van der Waals surface area contributed by atoms with Crippen molar-refractivity contribution in [2.24, 2.45) is 0 Å². The third kappa shape index (κ3) is 4.10. The zero-order valence-corrected chi connectivity index (χ0v) is 17.1. The summed E-state index contributed by atoms with van der Waals surface area (Å²) in [5.74, 6) is 0.395. The molecule has 10 nitrogen and oxygen atoms in total. The summed E-state index contributed by atoms with van der Waals surface area (Å²) >= 11 is 0. The van der Waals surface area contributed by atoms with E-state index < -0.39 is 43.4 Å². The summed E-state index contributed by atoms with van der Waals surface area (Å²) in [5, 5.41) is 48.9. The minimum Gasteiger partial charge on any atom is -0.508 e. The van der Waals surface area contributed by atoms with E-state index in [4.69, 9.17) is 18.9 Å². The predicted octanol–water partition coefficient (Wildman–Crippen LogP) is 0.286. The number of Topliss-reactive ketones (excluding diaryl/α,β-unsaturated/α-hetero) is 1. The van der Waals surface area contributed by atoms with Crippen molar-refractivity contribution in [3.05, 3.63) is 47.5 Å². The molecule has 0 aromatic heterocycles. The number of aliphatic hydroxyl groups excluding tert-OH is 4. The Hall–Kier alpha value is -2.89. The number of phenolic OH excluding ortho intramolecular Hbond substituents is 1. The van der Waals surface area contributed by atoms with Crippen molar-refractivity contribution in [3.63, 3.8) is 0 Å². The summed E-state index contributed by atoms with van der Waals surface area (Å²) in [4.78, 5) is 12.8. The highest BCUT2D eigenvalue weighted by atomic mass is 16.7. The van der Waals surface area contributed by atoms with Gasteiger partial charge in [-0.3, -0.25) is 4.79 Å². The maximum atomic E-state index is 12.8. The molecular weight excluding hydrogens is 424 g/mol. The summed E-state index contributed by atoms with van der Waals surface area (Å²) in [6.45, 7) is -0.600. The van der Waals surface area contributed by atoms with E-state index in [2.05, 4.69) is 0 Å². The second kappa shape index (κ2) is 8.93. The molecule has 32 heavy (non-hydrogen) atoms. The molecule has 172 valence electrons. The molecule has 0 amide bonds. The first kappa shape index (κ1) is 22.3. The minimum atomic E-state index is -1.61. The van der Waals surface area contributed by atoms with E-state index in [1.165, 1.54) is 31.4 Å². The molecule has 5 N–H and O–H groups in total. The van der Waals surface area contributed by atoms with Crippen LogP contribution in [0.4, 0.5) is 0 Å². The number of hydrogen-bond donors (Lipinski definition) is 5. The number of ketones is 1. The van der Waals surface area contributed by atoms with Crippen LogP contribution < -0.4 is 14.2 Å². The van der Waals surface area contributed by atoms with Crippen molar-refractivity contribution in [2.45, 2.75) is 43.2 Å². The normalized spacial score (nSPS) is 29.7. The molecule has 0 spiro atoms. The first-order valence-electron chi connectivity index (χ1n) is 10.0. The van der Waals surface area contributed by atoms with Crippen LogP contribution in [-0.2, 0) is 4.74 Å². The smallest absolute Gasteiger partial charge is 0.229 e. The first-order valence-corrected chi connectivity index (χ1v) is 10.0. The van der Waals surface area contributed by atoms with E-state index >= 15 is 0 Å². The Kier molecular flexibility index (Phi) is 6.22. The van der Waals surface area contributed by atoms with Gasteiger partial charge >= 0.3 is 0 Å². The van der Waals surface area contributed by atoms with Crippen molar-refractivity contribution in [2.75, 3.05) is 13.7 Å². The third-order valence-electron chi connectivity index (χ3n) is 5.56. The fraction of sp³-hybridized carbons (Fsp3) is 0.409. The van der Waals surface area contributed by atoms with E-state index in [-0.39, 0.29) is 40.8 Å². The van der Waals surface area contributed by atoms with Gasteiger partial charge in [-0.1, -0.05) is 12.1 Å². The van der Waals surface area contributed by atoms with Crippen molar-refractivity contribution in [1.82, 2.24) is 0 Å². The quantitative estimate of drug-likeness (QED) is 0.431. The summed E-state index contributed by atoms with van der Waals surface area (Å²) < 4.78 is 22.3. The molecule has 1 saturated heterocycles. The van der Waals surface area contributed by atoms with Crippen LogP contribution in [0.25, 0.3) is 0 Å². The zero-order chi connectivity index (χ0) is 23.0. The fourth-order valence-corrected chi connectivity index (χ4v) is 3.75. The molecule has 2 aliphatic rings. The lowest BCUT2D eigenvalue weighted by Crippen LogP contribution is -2.60. The topological polar surface area (TPSA) is 155 Å². The number of aromatic hydroxyl groups is 1. The van der Waals surface area contributed by atoms with Gasteiger partial charge in [0.15, 0.2) is 17.3 Å². The van der Waals surface area contributed by atoms with Gasteiger partial charge in [0, 0.05) is 6.07 Å². The molecule has 4 rings (SSSR count). The van der Waals surface area contributed by atoms with Crippen LogP contribution in [-0.4, -0.2) is 75.7 Å². The molecule has 1 fully saturated rings. The number of aliphatic hydroxyl groups is 4. The molecule has 10 heteroatoms. The summed E-state index contributed by atoms with van der Waals surface area (Å²) in [7, 11) is 1.38. The lowest BCUT2D eigenvalue weighted by atomic mass is 9.95. The highest BCUT2D eigenvalue weighted by molar-refractivity contribution is 6.00. The summed E-state index contributed by atoms with van der Waals surface area (Å²) in [5.41, 5.74) is 0.961. The van der Waals surface area contributed by atoms with Gasteiger partial charge in [0.25, 0.3) is 0 Å². The van der Waals surface area contributed by atoms with Gasteiger partial charge in [-0.15, -0.1) is 0 Å². The van der Waals surface area contributed by atoms with E-state index in [1.54, 1.807) is 12.1 Å². The van der Waals surface area contributed by atoms with Crippen molar-refractivity contribution < 1.29 is 49.3 Å². The van der Waals surface area contributed by atoms with Gasteiger partial charge in [-0.2, -0.15) is 0 Å². The van der Waals surface area contributed by atoms with Gasteiger partial charge in [-0.05, 0) is 23.8 Å². The highest BCUT2D eigenvalue weighted by Gasteiger charge is 2.45.